The Labute approximate surface area is 133 Å². The van der Waals surface area contributed by atoms with Gasteiger partial charge in [-0.15, -0.1) is 11.3 Å². The second-order valence-electron chi connectivity index (χ2n) is 7.13. The molecule has 2 aliphatic rings. The highest BCUT2D eigenvalue weighted by molar-refractivity contribution is 7.12. The van der Waals surface area contributed by atoms with Crippen LogP contribution in [0.1, 0.15) is 73.2 Å². The molecule has 2 aliphatic carbocycles. The zero-order valence-electron chi connectivity index (χ0n) is 13.3. The maximum absolute atomic E-state index is 9.82. The van der Waals surface area contributed by atoms with Crippen molar-refractivity contribution in [2.24, 2.45) is 5.41 Å². The van der Waals surface area contributed by atoms with Crippen molar-refractivity contribution in [3.63, 3.8) is 0 Å². The number of thiophene rings is 1. The smallest absolute Gasteiger partial charge is 0.0499 e. The predicted octanol–water partition coefficient (Wildman–Crippen LogP) is 4.22. The molecule has 1 unspecified atom stereocenters. The topological polar surface area (TPSA) is 32.3 Å². The lowest BCUT2D eigenvalue weighted by molar-refractivity contribution is 0.0790. The monoisotopic (exact) mass is 307 g/mol. The zero-order chi connectivity index (χ0) is 14.7. The van der Waals surface area contributed by atoms with Crippen LogP contribution in [0.5, 0.6) is 0 Å². The summed E-state index contributed by atoms with van der Waals surface area (Å²) in [4.78, 5) is 3.12. The molecule has 1 heterocycles. The molecule has 3 rings (SSSR count). The summed E-state index contributed by atoms with van der Waals surface area (Å²) in [6.07, 6.45) is 11.6. The molecule has 2 N–H and O–H groups in total. The third-order valence-electron chi connectivity index (χ3n) is 5.48. The molecule has 2 nitrogen and oxygen atoms in total. The Kier molecular flexibility index (Phi) is 5.03. The highest BCUT2D eigenvalue weighted by Gasteiger charge is 2.31. The Morgan fingerprint density at radius 2 is 1.95 bits per heavy atom. The second kappa shape index (κ2) is 6.80. The van der Waals surface area contributed by atoms with E-state index in [-0.39, 0.29) is 5.41 Å². The van der Waals surface area contributed by atoms with Crippen molar-refractivity contribution < 1.29 is 5.11 Å². The van der Waals surface area contributed by atoms with Crippen LogP contribution in [0.2, 0.25) is 0 Å². The number of hydrogen-bond donors (Lipinski definition) is 2. The summed E-state index contributed by atoms with van der Waals surface area (Å²) in [5.41, 5.74) is 1.74. The Morgan fingerprint density at radius 1 is 1.19 bits per heavy atom. The summed E-state index contributed by atoms with van der Waals surface area (Å²) in [7, 11) is 0. The molecule has 0 radical (unpaired) electrons. The van der Waals surface area contributed by atoms with Crippen molar-refractivity contribution in [3.8, 4) is 0 Å². The van der Waals surface area contributed by atoms with Gasteiger partial charge in [0.05, 0.1) is 0 Å². The number of hydrogen-bond acceptors (Lipinski definition) is 3. The second-order valence-corrected chi connectivity index (χ2v) is 8.29. The van der Waals surface area contributed by atoms with Crippen LogP contribution in [0, 0.1) is 5.41 Å². The molecular formula is C18H29NOS. The number of fused-ring (bicyclic) bond motifs is 1. The molecule has 0 amide bonds. The van der Waals surface area contributed by atoms with Crippen molar-refractivity contribution in [1.29, 1.82) is 0 Å². The Morgan fingerprint density at radius 3 is 2.67 bits per heavy atom. The van der Waals surface area contributed by atoms with Crippen molar-refractivity contribution in [1.82, 2.24) is 5.32 Å². The molecule has 118 valence electrons. The van der Waals surface area contributed by atoms with E-state index in [1.807, 2.05) is 11.3 Å². The number of aliphatic hydroxyl groups is 1. The van der Waals surface area contributed by atoms with Crippen LogP contribution in [0.15, 0.2) is 6.07 Å². The summed E-state index contributed by atoms with van der Waals surface area (Å²) < 4.78 is 0. The normalized spacial score (nSPS) is 22.8. The molecular weight excluding hydrogens is 278 g/mol. The van der Waals surface area contributed by atoms with E-state index in [0.29, 0.717) is 12.6 Å². The number of nitrogens with one attached hydrogen (secondary N) is 1. The van der Waals surface area contributed by atoms with Gasteiger partial charge in [-0.25, -0.2) is 0 Å². The Bertz CT molecular complexity index is 438. The molecule has 21 heavy (non-hydrogen) atoms. The lowest BCUT2D eigenvalue weighted by Gasteiger charge is -2.36. The highest BCUT2D eigenvalue weighted by Crippen LogP contribution is 2.37. The van der Waals surface area contributed by atoms with Gasteiger partial charge in [0.15, 0.2) is 0 Å². The summed E-state index contributed by atoms with van der Waals surface area (Å²) in [5, 5.41) is 13.5. The van der Waals surface area contributed by atoms with E-state index < -0.39 is 0 Å². The highest BCUT2D eigenvalue weighted by atomic mass is 32.1. The average Bonchev–Trinajstić information content (AvgIpc) is 2.97. The van der Waals surface area contributed by atoms with Crippen LogP contribution >= 0.6 is 11.3 Å². The van der Waals surface area contributed by atoms with Gasteiger partial charge in [0, 0.05) is 34.4 Å². The molecule has 0 aromatic carbocycles. The number of aliphatic hydroxyl groups excluding tert-OH is 1. The van der Waals surface area contributed by atoms with Crippen molar-refractivity contribution in [2.45, 2.75) is 70.8 Å². The van der Waals surface area contributed by atoms with Gasteiger partial charge in [-0.05, 0) is 57.1 Å². The van der Waals surface area contributed by atoms with Crippen LogP contribution in [-0.4, -0.2) is 18.3 Å². The first-order valence-electron chi connectivity index (χ1n) is 8.68. The average molecular weight is 308 g/mol. The van der Waals surface area contributed by atoms with Gasteiger partial charge in [0.2, 0.25) is 0 Å². The number of rotatable bonds is 5. The van der Waals surface area contributed by atoms with Crippen molar-refractivity contribution in [3.05, 3.63) is 21.4 Å². The lowest BCUT2D eigenvalue weighted by atomic mass is 9.74. The van der Waals surface area contributed by atoms with Gasteiger partial charge in [-0.2, -0.15) is 0 Å². The lowest BCUT2D eigenvalue weighted by Crippen LogP contribution is -2.39. The van der Waals surface area contributed by atoms with E-state index in [9.17, 15) is 5.11 Å². The minimum Gasteiger partial charge on any atom is -0.396 e. The maximum Gasteiger partial charge on any atom is 0.0499 e. The molecule has 0 bridgehead atoms. The fraction of sp³-hybridized carbons (Fsp3) is 0.778. The van der Waals surface area contributed by atoms with Gasteiger partial charge < -0.3 is 10.4 Å². The molecule has 3 heteroatoms. The van der Waals surface area contributed by atoms with Gasteiger partial charge in [-0.1, -0.05) is 19.3 Å². The van der Waals surface area contributed by atoms with Crippen LogP contribution in [0.3, 0.4) is 0 Å². The van der Waals surface area contributed by atoms with Gasteiger partial charge in [0.1, 0.15) is 0 Å². The third-order valence-corrected chi connectivity index (χ3v) is 6.90. The summed E-state index contributed by atoms with van der Waals surface area (Å²) in [6, 6.07) is 2.86. The molecule has 1 fully saturated rings. The SMILES string of the molecule is CC(NCC1(CO)CCCCC1)c1cc2c(s1)CCCC2. The fourth-order valence-electron chi connectivity index (χ4n) is 3.89. The third kappa shape index (κ3) is 3.52. The summed E-state index contributed by atoms with van der Waals surface area (Å²) in [6.45, 7) is 3.59. The predicted molar refractivity (Wildman–Crippen MR) is 90.0 cm³/mol. The van der Waals surface area contributed by atoms with Gasteiger partial charge >= 0.3 is 0 Å². The molecule has 0 saturated heterocycles. The van der Waals surface area contributed by atoms with E-state index in [1.165, 1.54) is 62.7 Å². The molecule has 1 aromatic heterocycles. The maximum atomic E-state index is 9.82. The van der Waals surface area contributed by atoms with Crippen LogP contribution in [0.25, 0.3) is 0 Å². The van der Waals surface area contributed by atoms with Gasteiger partial charge in [-0.3, -0.25) is 0 Å². The molecule has 1 atom stereocenters. The van der Waals surface area contributed by atoms with E-state index in [2.05, 4.69) is 18.3 Å². The minimum absolute atomic E-state index is 0.142. The standard InChI is InChI=1S/C18H29NOS/c1-14(17-11-15-7-3-4-8-16(15)21-17)19-12-18(13-20)9-5-2-6-10-18/h11,14,19-20H,2-10,12-13H2,1H3. The van der Waals surface area contributed by atoms with Crippen molar-refractivity contribution in [2.75, 3.05) is 13.2 Å². The van der Waals surface area contributed by atoms with E-state index in [0.717, 1.165) is 6.54 Å². The Balaban J connectivity index is 1.60. The minimum atomic E-state index is 0.142. The fourth-order valence-corrected chi connectivity index (χ4v) is 5.17. The van der Waals surface area contributed by atoms with Crippen LogP contribution < -0.4 is 5.32 Å². The van der Waals surface area contributed by atoms with Crippen LogP contribution in [0.4, 0.5) is 0 Å². The molecule has 1 saturated carbocycles. The zero-order valence-corrected chi connectivity index (χ0v) is 14.1. The van der Waals surface area contributed by atoms with E-state index >= 15 is 0 Å². The largest absolute Gasteiger partial charge is 0.396 e. The first kappa shape index (κ1) is 15.5. The van der Waals surface area contributed by atoms with E-state index in [4.69, 9.17) is 0 Å². The molecule has 1 aromatic rings. The van der Waals surface area contributed by atoms with Crippen molar-refractivity contribution >= 4 is 11.3 Å². The van der Waals surface area contributed by atoms with E-state index in [1.54, 1.807) is 10.4 Å². The van der Waals surface area contributed by atoms with Crippen LogP contribution in [-0.2, 0) is 12.8 Å². The molecule has 0 aliphatic heterocycles. The quantitative estimate of drug-likeness (QED) is 0.853. The number of aryl methyl sites for hydroxylation is 2. The Hall–Kier alpha value is -0.380. The van der Waals surface area contributed by atoms with Gasteiger partial charge in [0.25, 0.3) is 0 Å². The summed E-state index contributed by atoms with van der Waals surface area (Å²) in [5.74, 6) is 0. The first-order chi connectivity index (χ1) is 10.2. The summed E-state index contributed by atoms with van der Waals surface area (Å²) >= 11 is 2.01. The molecule has 0 spiro atoms. The first-order valence-corrected chi connectivity index (χ1v) is 9.50.